The van der Waals surface area contributed by atoms with E-state index in [0.29, 0.717) is 39.1 Å². The maximum Gasteiger partial charge on any atom is 0.243 e. The molecule has 8 heteroatoms. The molecule has 0 aromatic carbocycles. The number of aryl methyl sites for hydroxylation is 1. The molecule has 1 heterocycles. The van der Waals surface area contributed by atoms with Crippen molar-refractivity contribution >= 4 is 10.0 Å². The van der Waals surface area contributed by atoms with Gasteiger partial charge in [-0.15, -0.1) is 0 Å². The van der Waals surface area contributed by atoms with Gasteiger partial charge in [-0.3, -0.25) is 4.68 Å². The van der Waals surface area contributed by atoms with Gasteiger partial charge in [-0.2, -0.15) is 5.10 Å². The molecule has 0 aliphatic heterocycles. The zero-order valence-electron chi connectivity index (χ0n) is 11.8. The molecule has 0 aliphatic carbocycles. The summed E-state index contributed by atoms with van der Waals surface area (Å²) in [5.74, 6) is 0. The Bertz CT molecular complexity index is 473. The van der Waals surface area contributed by atoms with E-state index in [-0.39, 0.29) is 11.5 Å². The number of aromatic nitrogens is 2. The van der Waals surface area contributed by atoms with E-state index in [1.54, 1.807) is 0 Å². The summed E-state index contributed by atoms with van der Waals surface area (Å²) in [6, 6.07) is 0. The number of hydrogen-bond donors (Lipinski definition) is 2. The minimum Gasteiger partial charge on any atom is -0.396 e. The Labute approximate surface area is 120 Å². The predicted molar refractivity (Wildman–Crippen MR) is 74.8 cm³/mol. The van der Waals surface area contributed by atoms with Crippen LogP contribution in [0.1, 0.15) is 26.2 Å². The second-order valence-electron chi connectivity index (χ2n) is 4.38. The third-order valence-corrected chi connectivity index (χ3v) is 3.99. The van der Waals surface area contributed by atoms with Gasteiger partial charge in [0.2, 0.25) is 10.0 Å². The van der Waals surface area contributed by atoms with Crippen molar-refractivity contribution in [2.45, 2.75) is 37.6 Å². The lowest BCUT2D eigenvalue weighted by Gasteiger charge is -2.05. The van der Waals surface area contributed by atoms with Crippen LogP contribution in [0.15, 0.2) is 17.3 Å². The smallest absolute Gasteiger partial charge is 0.243 e. The molecule has 0 amide bonds. The Balaban J connectivity index is 2.38. The van der Waals surface area contributed by atoms with Crippen LogP contribution in [0.3, 0.4) is 0 Å². The molecule has 0 saturated heterocycles. The molecule has 0 saturated carbocycles. The Morgan fingerprint density at radius 3 is 2.90 bits per heavy atom. The third kappa shape index (κ3) is 6.00. The van der Waals surface area contributed by atoms with E-state index in [1.807, 2.05) is 6.92 Å². The van der Waals surface area contributed by atoms with Crippen LogP contribution in [-0.4, -0.2) is 49.7 Å². The first kappa shape index (κ1) is 17.1. The number of hydrogen-bond acceptors (Lipinski definition) is 5. The van der Waals surface area contributed by atoms with E-state index in [4.69, 9.17) is 9.84 Å². The van der Waals surface area contributed by atoms with Crippen molar-refractivity contribution < 1.29 is 18.3 Å². The van der Waals surface area contributed by atoms with Gasteiger partial charge in [0.15, 0.2) is 0 Å². The molecule has 0 spiro atoms. The van der Waals surface area contributed by atoms with Crippen molar-refractivity contribution in [1.82, 2.24) is 14.5 Å². The summed E-state index contributed by atoms with van der Waals surface area (Å²) < 4.78 is 33.2. The Morgan fingerprint density at radius 2 is 2.20 bits per heavy atom. The second kappa shape index (κ2) is 9.06. The molecular weight excluding hydrogens is 282 g/mol. The quantitative estimate of drug-likeness (QED) is 0.576. The van der Waals surface area contributed by atoms with E-state index in [1.165, 1.54) is 17.1 Å². The molecule has 20 heavy (non-hydrogen) atoms. The molecule has 0 fully saturated rings. The Kier molecular flexibility index (Phi) is 7.75. The first-order valence-electron chi connectivity index (χ1n) is 6.81. The van der Waals surface area contributed by atoms with Gasteiger partial charge in [-0.1, -0.05) is 6.92 Å². The molecule has 0 aliphatic rings. The molecule has 116 valence electrons. The summed E-state index contributed by atoms with van der Waals surface area (Å²) in [7, 11) is -3.51. The van der Waals surface area contributed by atoms with Gasteiger partial charge in [0.05, 0.1) is 6.20 Å². The highest BCUT2D eigenvalue weighted by Gasteiger charge is 2.15. The van der Waals surface area contributed by atoms with Crippen molar-refractivity contribution in [2.24, 2.45) is 0 Å². The predicted octanol–water partition coefficient (Wildman–Crippen LogP) is 0.360. The molecule has 0 bridgehead atoms. The van der Waals surface area contributed by atoms with Crippen LogP contribution >= 0.6 is 0 Å². The summed E-state index contributed by atoms with van der Waals surface area (Å²) in [5.41, 5.74) is 0. The molecule has 0 unspecified atom stereocenters. The molecule has 1 aromatic rings. The van der Waals surface area contributed by atoms with Crippen molar-refractivity contribution in [3.05, 3.63) is 12.4 Å². The summed E-state index contributed by atoms with van der Waals surface area (Å²) in [5, 5.41) is 12.7. The van der Waals surface area contributed by atoms with Gasteiger partial charge < -0.3 is 9.84 Å². The van der Waals surface area contributed by atoms with Crippen molar-refractivity contribution in [1.29, 1.82) is 0 Å². The largest absolute Gasteiger partial charge is 0.396 e. The topological polar surface area (TPSA) is 93.5 Å². The summed E-state index contributed by atoms with van der Waals surface area (Å²) in [4.78, 5) is 0.143. The molecule has 1 aromatic heterocycles. The fourth-order valence-corrected chi connectivity index (χ4v) is 2.57. The number of rotatable bonds is 11. The zero-order valence-corrected chi connectivity index (χ0v) is 12.6. The lowest BCUT2D eigenvalue weighted by Crippen LogP contribution is -2.25. The summed E-state index contributed by atoms with van der Waals surface area (Å²) in [6.45, 7) is 4.16. The normalized spacial score (nSPS) is 11.9. The summed E-state index contributed by atoms with van der Waals surface area (Å²) in [6.07, 6.45) is 4.92. The van der Waals surface area contributed by atoms with Gasteiger partial charge in [0.1, 0.15) is 4.90 Å². The van der Waals surface area contributed by atoms with Gasteiger partial charge in [0, 0.05) is 39.1 Å². The minimum atomic E-state index is -3.51. The monoisotopic (exact) mass is 305 g/mol. The van der Waals surface area contributed by atoms with E-state index >= 15 is 0 Å². The van der Waals surface area contributed by atoms with Crippen LogP contribution in [0, 0.1) is 0 Å². The highest BCUT2D eigenvalue weighted by Crippen LogP contribution is 2.07. The number of nitrogens with one attached hydrogen (secondary N) is 1. The van der Waals surface area contributed by atoms with Crippen LogP contribution in [0.25, 0.3) is 0 Å². The van der Waals surface area contributed by atoms with E-state index in [0.717, 1.165) is 6.42 Å². The number of sulfonamides is 1. The molecule has 0 radical (unpaired) electrons. The van der Waals surface area contributed by atoms with Crippen LogP contribution in [0.4, 0.5) is 0 Å². The van der Waals surface area contributed by atoms with Crippen LogP contribution in [0.2, 0.25) is 0 Å². The maximum atomic E-state index is 12.0. The van der Waals surface area contributed by atoms with Crippen molar-refractivity contribution in [3.8, 4) is 0 Å². The van der Waals surface area contributed by atoms with Gasteiger partial charge >= 0.3 is 0 Å². The van der Waals surface area contributed by atoms with E-state index in [2.05, 4.69) is 9.82 Å². The lowest BCUT2D eigenvalue weighted by atomic mass is 10.4. The van der Waals surface area contributed by atoms with E-state index < -0.39 is 10.0 Å². The Morgan fingerprint density at radius 1 is 1.40 bits per heavy atom. The Hall–Kier alpha value is -0.960. The second-order valence-corrected chi connectivity index (χ2v) is 6.15. The fraction of sp³-hybridized carbons (Fsp3) is 0.750. The maximum absolute atomic E-state index is 12.0. The first-order chi connectivity index (χ1) is 9.60. The van der Waals surface area contributed by atoms with Crippen molar-refractivity contribution in [2.75, 3.05) is 26.4 Å². The average Bonchev–Trinajstić information content (AvgIpc) is 2.90. The number of aliphatic hydroxyl groups excluding tert-OH is 1. The number of ether oxygens (including phenoxy) is 1. The highest BCUT2D eigenvalue weighted by molar-refractivity contribution is 7.89. The molecule has 0 atom stereocenters. The molecule has 2 N–H and O–H groups in total. The van der Waals surface area contributed by atoms with Crippen molar-refractivity contribution in [3.63, 3.8) is 0 Å². The van der Waals surface area contributed by atoms with Crippen LogP contribution < -0.4 is 4.72 Å². The SMILES string of the molecule is CCCOCCCNS(=O)(=O)c1cnn(CCCO)c1. The van der Waals surface area contributed by atoms with Gasteiger partial charge in [-0.05, 0) is 19.3 Å². The fourth-order valence-electron chi connectivity index (χ4n) is 1.55. The minimum absolute atomic E-state index is 0.0535. The third-order valence-electron chi connectivity index (χ3n) is 2.57. The van der Waals surface area contributed by atoms with Crippen LogP contribution in [-0.2, 0) is 21.3 Å². The standard InChI is InChI=1S/C12H23N3O4S/c1-2-8-19-9-3-5-14-20(17,18)12-10-13-15(11-12)6-4-7-16/h10-11,14,16H,2-9H2,1H3. The van der Waals surface area contributed by atoms with Gasteiger partial charge in [0.25, 0.3) is 0 Å². The zero-order chi connectivity index (χ0) is 14.8. The number of aliphatic hydroxyl groups is 1. The van der Waals surface area contributed by atoms with Crippen LogP contribution in [0.5, 0.6) is 0 Å². The average molecular weight is 305 g/mol. The molecule has 7 nitrogen and oxygen atoms in total. The highest BCUT2D eigenvalue weighted by atomic mass is 32.2. The number of nitrogens with zero attached hydrogens (tertiary/aromatic N) is 2. The molecule has 1 rings (SSSR count). The first-order valence-corrected chi connectivity index (χ1v) is 8.29. The van der Waals surface area contributed by atoms with E-state index in [9.17, 15) is 8.42 Å². The molecular formula is C12H23N3O4S. The van der Waals surface area contributed by atoms with Gasteiger partial charge in [-0.25, -0.2) is 13.1 Å². The lowest BCUT2D eigenvalue weighted by molar-refractivity contribution is 0.133. The summed E-state index contributed by atoms with van der Waals surface area (Å²) >= 11 is 0.